The van der Waals surface area contributed by atoms with Crippen molar-refractivity contribution < 1.29 is 0 Å². The van der Waals surface area contributed by atoms with Gasteiger partial charge in [0.1, 0.15) is 0 Å². The van der Waals surface area contributed by atoms with Crippen molar-refractivity contribution in [2.75, 3.05) is 0 Å². The third-order valence-electron chi connectivity index (χ3n) is 1.62. The van der Waals surface area contributed by atoms with Crippen LogP contribution in [-0.2, 0) is 6.54 Å². The maximum atomic E-state index is 5.29. The standard InChI is InChI=1S/C9H12N2S/c1-3-8(4-2)10-5-9-6-12-7-11-9/h1,6-8,10H,4-5H2,2H3. The summed E-state index contributed by atoms with van der Waals surface area (Å²) in [6.45, 7) is 2.84. The van der Waals surface area contributed by atoms with Gasteiger partial charge in [-0.1, -0.05) is 12.8 Å². The average molecular weight is 180 g/mol. The Labute approximate surface area is 77.0 Å². The highest BCUT2D eigenvalue weighted by Gasteiger charge is 2.00. The van der Waals surface area contributed by atoms with Crippen LogP contribution < -0.4 is 5.32 Å². The molecule has 0 saturated carbocycles. The summed E-state index contributed by atoms with van der Waals surface area (Å²) in [5.74, 6) is 2.68. The number of terminal acetylenes is 1. The number of nitrogens with zero attached hydrogens (tertiary/aromatic N) is 1. The molecule has 0 fully saturated rings. The molecule has 1 unspecified atom stereocenters. The molecular formula is C9H12N2S. The molecule has 0 radical (unpaired) electrons. The Balaban J connectivity index is 2.31. The number of rotatable bonds is 4. The summed E-state index contributed by atoms with van der Waals surface area (Å²) in [7, 11) is 0. The Hall–Kier alpha value is -0.850. The fourth-order valence-electron chi connectivity index (χ4n) is 0.874. The Bertz CT molecular complexity index is 248. The lowest BCUT2D eigenvalue weighted by molar-refractivity contribution is 0.587. The highest BCUT2D eigenvalue weighted by Crippen LogP contribution is 2.00. The molecular weight excluding hydrogens is 168 g/mol. The van der Waals surface area contributed by atoms with Crippen LogP contribution in [-0.4, -0.2) is 11.0 Å². The lowest BCUT2D eigenvalue weighted by Gasteiger charge is -2.07. The van der Waals surface area contributed by atoms with E-state index in [0.717, 1.165) is 18.7 Å². The van der Waals surface area contributed by atoms with E-state index in [1.54, 1.807) is 11.3 Å². The Morgan fingerprint density at radius 1 is 1.83 bits per heavy atom. The maximum Gasteiger partial charge on any atom is 0.0795 e. The molecule has 64 valence electrons. The van der Waals surface area contributed by atoms with Crippen molar-refractivity contribution in [3.8, 4) is 12.3 Å². The molecule has 1 atom stereocenters. The van der Waals surface area contributed by atoms with Gasteiger partial charge in [-0.05, 0) is 6.42 Å². The van der Waals surface area contributed by atoms with E-state index < -0.39 is 0 Å². The molecule has 1 heterocycles. The topological polar surface area (TPSA) is 24.9 Å². The molecule has 0 saturated heterocycles. The molecule has 2 nitrogen and oxygen atoms in total. The molecule has 0 aliphatic heterocycles. The monoisotopic (exact) mass is 180 g/mol. The molecule has 0 amide bonds. The van der Waals surface area contributed by atoms with E-state index in [0.29, 0.717) is 0 Å². The Morgan fingerprint density at radius 3 is 3.17 bits per heavy atom. The lowest BCUT2D eigenvalue weighted by atomic mass is 10.2. The van der Waals surface area contributed by atoms with Crippen molar-refractivity contribution in [1.29, 1.82) is 0 Å². The van der Waals surface area contributed by atoms with Crippen molar-refractivity contribution in [3.63, 3.8) is 0 Å². The molecule has 0 aliphatic rings. The zero-order valence-corrected chi connectivity index (χ0v) is 7.90. The molecule has 0 bridgehead atoms. The van der Waals surface area contributed by atoms with Crippen molar-refractivity contribution in [2.24, 2.45) is 0 Å². The second-order valence-corrected chi connectivity index (χ2v) is 3.21. The summed E-state index contributed by atoms with van der Waals surface area (Å²) < 4.78 is 0. The lowest BCUT2D eigenvalue weighted by Crippen LogP contribution is -2.26. The smallest absolute Gasteiger partial charge is 0.0795 e. The number of nitrogens with one attached hydrogen (secondary N) is 1. The second-order valence-electron chi connectivity index (χ2n) is 2.49. The van der Waals surface area contributed by atoms with Crippen molar-refractivity contribution in [2.45, 2.75) is 25.9 Å². The molecule has 0 aromatic carbocycles. The number of hydrogen-bond donors (Lipinski definition) is 1. The molecule has 3 heteroatoms. The van der Waals surface area contributed by atoms with Crippen LogP contribution in [0.4, 0.5) is 0 Å². The minimum absolute atomic E-state index is 0.173. The molecule has 0 aliphatic carbocycles. The van der Waals surface area contributed by atoms with Gasteiger partial charge >= 0.3 is 0 Å². The summed E-state index contributed by atoms with van der Waals surface area (Å²) in [4.78, 5) is 4.14. The first kappa shape index (κ1) is 9.24. The van der Waals surface area contributed by atoms with E-state index in [-0.39, 0.29) is 6.04 Å². The zero-order valence-electron chi connectivity index (χ0n) is 7.08. The van der Waals surface area contributed by atoms with Crippen LogP contribution in [0, 0.1) is 12.3 Å². The third-order valence-corrected chi connectivity index (χ3v) is 2.26. The van der Waals surface area contributed by atoms with Crippen LogP contribution in [0.5, 0.6) is 0 Å². The van der Waals surface area contributed by atoms with Gasteiger partial charge < -0.3 is 0 Å². The Kier molecular flexibility index (Phi) is 3.78. The average Bonchev–Trinajstić information content (AvgIpc) is 2.59. The van der Waals surface area contributed by atoms with E-state index in [9.17, 15) is 0 Å². The van der Waals surface area contributed by atoms with E-state index in [1.165, 1.54) is 0 Å². The highest BCUT2D eigenvalue weighted by molar-refractivity contribution is 7.07. The van der Waals surface area contributed by atoms with E-state index in [2.05, 4.69) is 23.1 Å². The van der Waals surface area contributed by atoms with E-state index in [4.69, 9.17) is 6.42 Å². The highest BCUT2D eigenvalue weighted by atomic mass is 32.1. The van der Waals surface area contributed by atoms with Gasteiger partial charge in [0.15, 0.2) is 0 Å². The molecule has 1 aromatic heterocycles. The zero-order chi connectivity index (χ0) is 8.81. The first-order valence-corrected chi connectivity index (χ1v) is 4.87. The van der Waals surface area contributed by atoms with E-state index >= 15 is 0 Å². The SMILES string of the molecule is C#CC(CC)NCc1cscn1. The van der Waals surface area contributed by atoms with Gasteiger partial charge in [0.25, 0.3) is 0 Å². The number of thiazole rings is 1. The van der Waals surface area contributed by atoms with Crippen molar-refractivity contribution in [3.05, 3.63) is 16.6 Å². The second kappa shape index (κ2) is 4.91. The van der Waals surface area contributed by atoms with E-state index in [1.807, 2.05) is 10.9 Å². The predicted octanol–water partition coefficient (Wildman–Crippen LogP) is 1.64. The maximum absolute atomic E-state index is 5.29. The summed E-state index contributed by atoms with van der Waals surface area (Å²) in [5.41, 5.74) is 2.89. The summed E-state index contributed by atoms with van der Waals surface area (Å²) in [6.07, 6.45) is 6.25. The quantitative estimate of drug-likeness (QED) is 0.713. The van der Waals surface area contributed by atoms with Gasteiger partial charge in [-0.3, -0.25) is 5.32 Å². The van der Waals surface area contributed by atoms with Crippen LogP contribution in [0.3, 0.4) is 0 Å². The molecule has 1 rings (SSSR count). The van der Waals surface area contributed by atoms with Crippen molar-refractivity contribution in [1.82, 2.24) is 10.3 Å². The summed E-state index contributed by atoms with van der Waals surface area (Å²) in [5, 5.41) is 5.25. The molecule has 1 aromatic rings. The first-order chi connectivity index (χ1) is 5.86. The van der Waals surface area contributed by atoms with Crippen LogP contribution in [0.15, 0.2) is 10.9 Å². The van der Waals surface area contributed by atoms with Gasteiger partial charge in [-0.15, -0.1) is 17.8 Å². The largest absolute Gasteiger partial charge is 0.298 e. The predicted molar refractivity (Wildman–Crippen MR) is 51.9 cm³/mol. The number of hydrogen-bond acceptors (Lipinski definition) is 3. The summed E-state index contributed by atoms with van der Waals surface area (Å²) in [6, 6.07) is 0.173. The number of aromatic nitrogens is 1. The molecule has 12 heavy (non-hydrogen) atoms. The van der Waals surface area contributed by atoms with Gasteiger partial charge in [-0.2, -0.15) is 0 Å². The minimum atomic E-state index is 0.173. The Morgan fingerprint density at radius 2 is 2.67 bits per heavy atom. The van der Waals surface area contributed by atoms with Crippen molar-refractivity contribution >= 4 is 11.3 Å². The van der Waals surface area contributed by atoms with Gasteiger partial charge in [0.2, 0.25) is 0 Å². The minimum Gasteiger partial charge on any atom is -0.298 e. The van der Waals surface area contributed by atoms with Crippen LogP contribution >= 0.6 is 11.3 Å². The fraction of sp³-hybridized carbons (Fsp3) is 0.444. The van der Waals surface area contributed by atoms with Gasteiger partial charge in [-0.25, -0.2) is 4.98 Å². The van der Waals surface area contributed by atoms with Crippen LogP contribution in [0.1, 0.15) is 19.0 Å². The summed E-state index contributed by atoms with van der Waals surface area (Å²) >= 11 is 1.60. The molecule has 1 N–H and O–H groups in total. The normalized spacial score (nSPS) is 12.3. The molecule has 0 spiro atoms. The van der Waals surface area contributed by atoms with Gasteiger partial charge in [0, 0.05) is 11.9 Å². The first-order valence-electron chi connectivity index (χ1n) is 3.93. The van der Waals surface area contributed by atoms with Crippen LogP contribution in [0.25, 0.3) is 0 Å². The van der Waals surface area contributed by atoms with Gasteiger partial charge in [0.05, 0.1) is 17.2 Å². The third kappa shape index (κ3) is 2.65. The van der Waals surface area contributed by atoms with Crippen LogP contribution in [0.2, 0.25) is 0 Å². The fourth-order valence-corrected chi connectivity index (χ4v) is 1.43.